The lowest BCUT2D eigenvalue weighted by Gasteiger charge is -1.99. The highest BCUT2D eigenvalue weighted by molar-refractivity contribution is 5.95. The van der Waals surface area contributed by atoms with Gasteiger partial charge in [0.2, 0.25) is 0 Å². The lowest BCUT2D eigenvalue weighted by molar-refractivity contribution is 0.0980. The molecule has 1 heterocycles. The number of carbonyl (C=O) groups is 1. The van der Waals surface area contributed by atoms with Crippen LogP contribution in [0.2, 0.25) is 0 Å². The molecule has 0 aliphatic heterocycles. The van der Waals surface area contributed by atoms with E-state index in [9.17, 15) is 13.6 Å². The Morgan fingerprint density at radius 3 is 2.86 bits per heavy atom. The molecule has 4 heteroatoms. The first kappa shape index (κ1) is 10.9. The molecule has 0 bridgehead atoms. The molecule has 0 aliphatic carbocycles. The predicted molar refractivity (Wildman–Crippen MR) is 49.7 cm³/mol. The number of ketones is 1. The van der Waals surface area contributed by atoms with Gasteiger partial charge in [0.05, 0.1) is 6.54 Å². The predicted octanol–water partition coefficient (Wildman–Crippen LogP) is 2.74. The van der Waals surface area contributed by atoms with Crippen molar-refractivity contribution < 1.29 is 13.6 Å². The number of Topliss-reactive ketones (excluding diaryl/α,β-unsaturated/α-hetero) is 1. The Labute approximate surface area is 81.5 Å². The zero-order valence-corrected chi connectivity index (χ0v) is 8.04. The first-order valence-electron chi connectivity index (χ1n) is 4.60. The van der Waals surface area contributed by atoms with Gasteiger partial charge in [-0.05, 0) is 12.5 Å². The van der Waals surface area contributed by atoms with Crippen LogP contribution in [0.3, 0.4) is 0 Å². The number of halogens is 2. The highest BCUT2D eigenvalue weighted by atomic mass is 19.3. The first-order valence-corrected chi connectivity index (χ1v) is 4.60. The average molecular weight is 201 g/mol. The molecule has 78 valence electrons. The number of carbonyl (C=O) groups excluding carboxylic acids is 1. The van der Waals surface area contributed by atoms with E-state index in [2.05, 4.69) is 0 Å². The average Bonchev–Trinajstić information content (AvgIpc) is 2.52. The molecule has 2 nitrogen and oxygen atoms in total. The molecule has 0 saturated carbocycles. The zero-order chi connectivity index (χ0) is 10.6. The summed E-state index contributed by atoms with van der Waals surface area (Å²) in [6, 6.07) is 1.58. The second-order valence-corrected chi connectivity index (χ2v) is 3.16. The van der Waals surface area contributed by atoms with Gasteiger partial charge in [-0.2, -0.15) is 0 Å². The molecule has 0 atom stereocenters. The van der Waals surface area contributed by atoms with Crippen molar-refractivity contribution in [1.29, 1.82) is 0 Å². The summed E-state index contributed by atoms with van der Waals surface area (Å²) in [5.41, 5.74) is 0.521. The molecule has 1 rings (SSSR count). The topological polar surface area (TPSA) is 22.0 Å². The molecule has 0 aromatic carbocycles. The van der Waals surface area contributed by atoms with Gasteiger partial charge in [0.1, 0.15) is 0 Å². The zero-order valence-electron chi connectivity index (χ0n) is 8.04. The second kappa shape index (κ2) is 4.88. The standard InChI is InChI=1S/C10H13F2NO/c1-2-3-9(14)8-4-5-13(6-8)7-10(11)12/h4-6,10H,2-3,7H2,1H3. The Kier molecular flexibility index (Phi) is 3.80. The van der Waals surface area contributed by atoms with Gasteiger partial charge < -0.3 is 4.57 Å². The summed E-state index contributed by atoms with van der Waals surface area (Å²) in [4.78, 5) is 11.3. The van der Waals surface area contributed by atoms with Gasteiger partial charge in [0.15, 0.2) is 5.78 Å². The minimum Gasteiger partial charge on any atom is -0.348 e. The van der Waals surface area contributed by atoms with Crippen LogP contribution in [0.4, 0.5) is 8.78 Å². The van der Waals surface area contributed by atoms with Crippen LogP contribution in [0.1, 0.15) is 30.1 Å². The van der Waals surface area contributed by atoms with Gasteiger partial charge in [0.25, 0.3) is 6.43 Å². The molecule has 0 N–H and O–H groups in total. The van der Waals surface area contributed by atoms with E-state index in [1.807, 2.05) is 6.92 Å². The Hall–Kier alpha value is -1.19. The van der Waals surface area contributed by atoms with E-state index in [-0.39, 0.29) is 12.3 Å². The third-order valence-corrected chi connectivity index (χ3v) is 1.90. The van der Waals surface area contributed by atoms with Crippen LogP contribution in [0.15, 0.2) is 18.5 Å². The van der Waals surface area contributed by atoms with Crippen LogP contribution >= 0.6 is 0 Å². The van der Waals surface area contributed by atoms with Gasteiger partial charge in [0, 0.05) is 24.4 Å². The summed E-state index contributed by atoms with van der Waals surface area (Å²) in [6.07, 6.45) is 1.85. The highest BCUT2D eigenvalue weighted by Crippen LogP contribution is 2.08. The molecule has 0 spiro atoms. The maximum absolute atomic E-state index is 12.0. The molecular formula is C10H13F2NO. The molecule has 0 unspecified atom stereocenters. The van der Waals surface area contributed by atoms with Crippen molar-refractivity contribution in [3.05, 3.63) is 24.0 Å². The summed E-state index contributed by atoms with van der Waals surface area (Å²) in [7, 11) is 0. The van der Waals surface area contributed by atoms with Crippen molar-refractivity contribution in [3.63, 3.8) is 0 Å². The monoisotopic (exact) mass is 201 g/mol. The van der Waals surface area contributed by atoms with Crippen molar-refractivity contribution in [2.75, 3.05) is 0 Å². The van der Waals surface area contributed by atoms with Gasteiger partial charge >= 0.3 is 0 Å². The van der Waals surface area contributed by atoms with Gasteiger partial charge in [-0.25, -0.2) is 8.78 Å². The van der Waals surface area contributed by atoms with Crippen LogP contribution in [0.25, 0.3) is 0 Å². The third-order valence-electron chi connectivity index (χ3n) is 1.90. The smallest absolute Gasteiger partial charge is 0.256 e. The number of aromatic nitrogens is 1. The van der Waals surface area contributed by atoms with E-state index >= 15 is 0 Å². The van der Waals surface area contributed by atoms with Crippen molar-refractivity contribution in [1.82, 2.24) is 4.57 Å². The Balaban J connectivity index is 2.63. The number of alkyl halides is 2. The van der Waals surface area contributed by atoms with Crippen molar-refractivity contribution in [2.45, 2.75) is 32.7 Å². The molecule has 0 fully saturated rings. The van der Waals surface area contributed by atoms with E-state index < -0.39 is 6.43 Å². The molecule has 1 aromatic rings. The fraction of sp³-hybridized carbons (Fsp3) is 0.500. The summed E-state index contributed by atoms with van der Waals surface area (Å²) in [6.45, 7) is 1.56. The highest BCUT2D eigenvalue weighted by Gasteiger charge is 2.08. The first-order chi connectivity index (χ1) is 6.63. The maximum Gasteiger partial charge on any atom is 0.256 e. The Morgan fingerprint density at radius 2 is 2.29 bits per heavy atom. The van der Waals surface area contributed by atoms with E-state index in [4.69, 9.17) is 0 Å². The Bertz CT molecular complexity index is 307. The molecule has 14 heavy (non-hydrogen) atoms. The third kappa shape index (κ3) is 2.94. The normalized spacial score (nSPS) is 10.9. The van der Waals surface area contributed by atoms with Crippen molar-refractivity contribution in [2.24, 2.45) is 0 Å². The molecule has 0 amide bonds. The molecule has 0 aliphatic rings. The number of hydrogen-bond donors (Lipinski definition) is 0. The molecule has 1 aromatic heterocycles. The van der Waals surface area contributed by atoms with Crippen LogP contribution in [0, 0.1) is 0 Å². The molecule has 0 radical (unpaired) electrons. The van der Waals surface area contributed by atoms with E-state index in [1.165, 1.54) is 17.0 Å². The fourth-order valence-corrected chi connectivity index (χ4v) is 1.25. The SMILES string of the molecule is CCCC(=O)c1ccn(CC(F)F)c1. The lowest BCUT2D eigenvalue weighted by Crippen LogP contribution is -2.04. The number of rotatable bonds is 5. The van der Waals surface area contributed by atoms with Crippen LogP contribution < -0.4 is 0 Å². The van der Waals surface area contributed by atoms with Crippen LogP contribution in [-0.4, -0.2) is 16.8 Å². The van der Waals surface area contributed by atoms with Crippen LogP contribution in [0.5, 0.6) is 0 Å². The molecule has 0 saturated heterocycles. The van der Waals surface area contributed by atoms with E-state index in [1.54, 1.807) is 6.07 Å². The van der Waals surface area contributed by atoms with Crippen molar-refractivity contribution in [3.8, 4) is 0 Å². The van der Waals surface area contributed by atoms with Gasteiger partial charge in [-0.15, -0.1) is 0 Å². The second-order valence-electron chi connectivity index (χ2n) is 3.16. The maximum atomic E-state index is 12.0. The minimum absolute atomic E-state index is 0.0144. The van der Waals surface area contributed by atoms with E-state index in [0.717, 1.165) is 6.42 Å². The summed E-state index contributed by atoms with van der Waals surface area (Å²) < 4.78 is 25.3. The van der Waals surface area contributed by atoms with Crippen molar-refractivity contribution >= 4 is 5.78 Å². The van der Waals surface area contributed by atoms with Gasteiger partial charge in [-0.1, -0.05) is 6.92 Å². The van der Waals surface area contributed by atoms with Crippen LogP contribution in [-0.2, 0) is 6.54 Å². The summed E-state index contributed by atoms with van der Waals surface area (Å²) in [5.74, 6) is 0.0144. The lowest BCUT2D eigenvalue weighted by atomic mass is 10.1. The molecular weight excluding hydrogens is 188 g/mol. The summed E-state index contributed by atoms with van der Waals surface area (Å²) in [5, 5.41) is 0. The fourth-order valence-electron chi connectivity index (χ4n) is 1.25. The van der Waals surface area contributed by atoms with E-state index in [0.29, 0.717) is 12.0 Å². The summed E-state index contributed by atoms with van der Waals surface area (Å²) >= 11 is 0. The van der Waals surface area contributed by atoms with Gasteiger partial charge in [-0.3, -0.25) is 4.79 Å². The Morgan fingerprint density at radius 1 is 1.57 bits per heavy atom. The quantitative estimate of drug-likeness (QED) is 0.671. The largest absolute Gasteiger partial charge is 0.348 e. The minimum atomic E-state index is -2.38. The number of nitrogens with zero attached hydrogens (tertiary/aromatic N) is 1. The number of hydrogen-bond acceptors (Lipinski definition) is 1.